The molecule has 39 heteroatoms. The van der Waals surface area contributed by atoms with Crippen LogP contribution in [0.25, 0.3) is 81.6 Å². The summed E-state index contributed by atoms with van der Waals surface area (Å²) in [6, 6.07) is 71.7. The van der Waals surface area contributed by atoms with E-state index in [1.807, 2.05) is 79.7 Å². The lowest BCUT2D eigenvalue weighted by Crippen LogP contribution is -2.23. The molecule has 11 aromatic carbocycles. The van der Waals surface area contributed by atoms with Crippen molar-refractivity contribution < 1.29 is 91.4 Å². The minimum Gasteiger partial charge on any atom is -0.497 e. The number of methoxy groups -OCH3 is 1. The normalized spacial score (nSPS) is 10.9. The molecule has 18 rings (SSSR count). The second-order valence-electron chi connectivity index (χ2n) is 32.1. The fraction of sp³-hybridized carbons (Fsp3) is 0.113. The number of carbonyl (C=O) groups is 6. The number of pyridine rings is 6. The Morgan fingerprint density at radius 1 is 0.379 bits per heavy atom. The zero-order chi connectivity index (χ0) is 104. The van der Waals surface area contributed by atoms with Gasteiger partial charge >= 0.3 is 6.18 Å². The molecule has 0 bridgehead atoms. The van der Waals surface area contributed by atoms with Crippen molar-refractivity contribution in [1.29, 1.82) is 0 Å². The van der Waals surface area contributed by atoms with Gasteiger partial charge in [-0.2, -0.15) is 13.2 Å². The molecule has 0 saturated carbocycles. The van der Waals surface area contributed by atoms with Gasteiger partial charge in [0, 0.05) is 141 Å². The lowest BCUT2D eigenvalue weighted by Gasteiger charge is -2.15. The summed E-state index contributed by atoms with van der Waals surface area (Å²) in [4.78, 5) is 153. The van der Waals surface area contributed by atoms with Gasteiger partial charge in [0.25, 0.3) is 68.8 Å². The van der Waals surface area contributed by atoms with Gasteiger partial charge in [0.2, 0.25) is 0 Å². The third kappa shape index (κ3) is 25.7. The second kappa shape index (κ2) is 48.1. The number of hydroxylamine groups is 6. The first kappa shape index (κ1) is 104. The van der Waals surface area contributed by atoms with Gasteiger partial charge in [0.15, 0.2) is 0 Å². The van der Waals surface area contributed by atoms with E-state index in [2.05, 4.69) is 16.0 Å². The molecule has 34 nitrogen and oxygen atoms in total. The number of halogens is 5. The molecule has 7 aromatic heterocycles. The van der Waals surface area contributed by atoms with Gasteiger partial charge in [0.05, 0.1) is 56.1 Å². The van der Waals surface area contributed by atoms with Gasteiger partial charge in [-0.3, -0.25) is 103 Å². The topological polar surface area (TPSA) is 472 Å². The first-order valence-corrected chi connectivity index (χ1v) is 44.1. The number of carbonyl (C=O) groups excluding carboxylic acids is 6. The highest BCUT2D eigenvalue weighted by Crippen LogP contribution is 2.34. The van der Waals surface area contributed by atoms with Gasteiger partial charge in [0.1, 0.15) is 17.4 Å². The van der Waals surface area contributed by atoms with Crippen LogP contribution in [0.1, 0.15) is 102 Å². The molecular weight excluding hydrogens is 1880 g/mol. The summed E-state index contributed by atoms with van der Waals surface area (Å²) in [6.45, 7) is 5.67. The monoisotopic (exact) mass is 1970 g/mol. The molecular formula is C106H89F5N14O20. The summed E-state index contributed by atoms with van der Waals surface area (Å²) >= 11 is 0. The highest BCUT2D eigenvalue weighted by molar-refractivity contribution is 6.02. The molecule has 145 heavy (non-hydrogen) atoms. The summed E-state index contributed by atoms with van der Waals surface area (Å²) in [6.07, 6.45) is 9.19. The number of aryl methyl sites for hydroxylation is 3. The van der Waals surface area contributed by atoms with Crippen molar-refractivity contribution in [2.45, 2.75) is 59.2 Å². The number of amides is 6. The average Bonchev–Trinajstić information content (AvgIpc) is 0.788. The molecule has 738 valence electrons. The summed E-state index contributed by atoms with van der Waals surface area (Å²) in [5, 5.41) is 57.6. The molecule has 0 aliphatic rings. The van der Waals surface area contributed by atoms with Gasteiger partial charge in [-0.25, -0.2) is 46.6 Å². The van der Waals surface area contributed by atoms with Gasteiger partial charge in [-0.05, 0) is 233 Å². The maximum atomic E-state index is 13.8. The summed E-state index contributed by atoms with van der Waals surface area (Å²) in [5.74, 6) is -4.88. The van der Waals surface area contributed by atoms with E-state index in [-0.39, 0.29) is 90.6 Å². The highest BCUT2D eigenvalue weighted by Gasteiger charge is 2.33. The Morgan fingerprint density at radius 2 is 0.800 bits per heavy atom. The standard InChI is InChI=1S/C22H18N4O3.C19H15F3N2O3.C17H12F2N2O3.C17H14N2O4.C17H14N2O3.C14H16N2O4/c27-21(25-29)18-4-5-20-19(13-18)22(28)26(14-24-20)11-8-15-2-1-3-17(12-15)16-6-9-23-10-7-16;1-11-2-5-16(19(20,21)22)14(8-11)10-24-7-6-12-3-4-13(17(25)23-27)9-15(12)18(24)26;18-13-4-3-12(15(19)8-13)9-21-6-5-10-1-2-11(16(22)20-24)7-14(10)17(21)23;1-23-14-6-4-13(5-7-14)19-9-8-11-2-3-12(16(20)18-22)10-15(11)17(19)21;20-16(18-22)14-7-6-13-8-9-19(17(21)15(13)10-14)11-12-4-2-1-3-5-12;1-2-20-8-7-16-6-5-10-3-4-11(13(17)15-19)9-12(10)14(16)18/h1-7,9-10,12-14,29H,8,11H2,(H,25,27);2-9,27H,10H2,1H3,(H,23,25);1-8,24H,9H2,(H,20,22);2-10,22H,1H3,(H,18,20);1-10,22H,11H2,(H,18,20);3-6,9,19H,2,7-8H2,1H3,(H,15,17). The first-order valence-electron chi connectivity index (χ1n) is 44.1. The van der Waals surface area contributed by atoms with Crippen molar-refractivity contribution in [2.24, 2.45) is 0 Å². The fourth-order valence-electron chi connectivity index (χ4n) is 15.3. The number of ether oxygens (including phenoxy) is 2. The van der Waals surface area contributed by atoms with Gasteiger partial charge in [-0.15, -0.1) is 0 Å². The maximum absolute atomic E-state index is 13.8. The van der Waals surface area contributed by atoms with Crippen LogP contribution >= 0.6 is 0 Å². The molecule has 0 saturated heterocycles. The Labute approximate surface area is 817 Å². The lowest BCUT2D eigenvalue weighted by molar-refractivity contribution is -0.138. The maximum Gasteiger partial charge on any atom is 0.416 e. The Morgan fingerprint density at radius 3 is 1.26 bits per heavy atom. The third-order valence-corrected chi connectivity index (χ3v) is 22.9. The Balaban J connectivity index is 0.000000146. The van der Waals surface area contributed by atoms with Crippen molar-refractivity contribution in [3.8, 4) is 22.6 Å². The predicted molar refractivity (Wildman–Crippen MR) is 527 cm³/mol. The van der Waals surface area contributed by atoms with Gasteiger partial charge in [-0.1, -0.05) is 109 Å². The number of aromatic nitrogens is 8. The lowest BCUT2D eigenvalue weighted by atomic mass is 10.0. The van der Waals surface area contributed by atoms with Crippen LogP contribution in [0, 0.1) is 18.6 Å². The third-order valence-electron chi connectivity index (χ3n) is 22.9. The molecule has 6 amide bonds. The molecule has 18 aromatic rings. The smallest absolute Gasteiger partial charge is 0.416 e. The number of benzene rings is 11. The van der Waals surface area contributed by atoms with E-state index < -0.39 is 69.9 Å². The molecule has 7 heterocycles. The van der Waals surface area contributed by atoms with E-state index >= 15 is 0 Å². The van der Waals surface area contributed by atoms with Crippen LogP contribution in [0.5, 0.6) is 5.75 Å². The molecule has 0 unspecified atom stereocenters. The van der Waals surface area contributed by atoms with Crippen LogP contribution in [0.2, 0.25) is 0 Å². The Bertz CT molecular complexity index is 8290. The molecule has 0 aliphatic heterocycles. The number of alkyl halides is 3. The van der Waals surface area contributed by atoms with Crippen LogP contribution in [0.4, 0.5) is 22.0 Å². The number of rotatable bonds is 22. The molecule has 0 radical (unpaired) electrons. The summed E-state index contributed by atoms with van der Waals surface area (Å²) in [5.41, 5.74) is 14.0. The quantitative estimate of drug-likeness (QED) is 0.0130. The summed E-state index contributed by atoms with van der Waals surface area (Å²) in [7, 11) is 1.57. The SMILES string of the molecule is CCOCCn1ccc2ccc(C(=O)NO)cc2c1=O.COc1ccc(-n2ccc3ccc(C(=O)NO)cc3c2=O)cc1.Cc1ccc(C(F)(F)F)c(Cn2ccc3ccc(C(=O)NO)cc3c2=O)c1.O=C(NO)c1ccc2ccn(Cc3ccc(F)cc3F)c(=O)c2c1.O=C(NO)c1ccc2ccn(Cc3ccccc3)c(=O)c2c1.O=C(NO)c1ccc2ncn(CCc3cccc(-c4ccncc4)c3)c(=O)c2c1. The fourth-order valence-corrected chi connectivity index (χ4v) is 15.3. The number of hydrogen-bond donors (Lipinski definition) is 12. The van der Waals surface area contributed by atoms with Crippen molar-refractivity contribution in [3.63, 3.8) is 0 Å². The van der Waals surface area contributed by atoms with E-state index in [4.69, 9.17) is 40.7 Å². The summed E-state index contributed by atoms with van der Waals surface area (Å²) < 4.78 is 85.4. The largest absolute Gasteiger partial charge is 0.497 e. The molecule has 0 aliphatic carbocycles. The highest BCUT2D eigenvalue weighted by atomic mass is 19.4. The van der Waals surface area contributed by atoms with Crippen molar-refractivity contribution in [3.05, 3.63) is 457 Å². The van der Waals surface area contributed by atoms with Crippen LogP contribution in [0.15, 0.2) is 345 Å². The molecule has 0 fully saturated rings. The van der Waals surface area contributed by atoms with Crippen molar-refractivity contribution >= 4 is 100 Å². The zero-order valence-corrected chi connectivity index (χ0v) is 77.0. The Kier molecular flexibility index (Phi) is 34.5. The van der Waals surface area contributed by atoms with Crippen LogP contribution < -0.4 is 71.0 Å². The first-order chi connectivity index (χ1) is 69.8. The second-order valence-corrected chi connectivity index (χ2v) is 32.1. The van der Waals surface area contributed by atoms with Crippen LogP contribution in [-0.4, -0.2) is 124 Å². The van der Waals surface area contributed by atoms with Crippen molar-refractivity contribution in [1.82, 2.24) is 70.3 Å². The van der Waals surface area contributed by atoms with E-state index in [9.17, 15) is 79.5 Å². The van der Waals surface area contributed by atoms with Crippen molar-refractivity contribution in [2.75, 3.05) is 20.3 Å². The van der Waals surface area contributed by atoms with E-state index in [1.165, 1.54) is 122 Å². The average molecular weight is 1970 g/mol. The number of fused-ring (bicyclic) bond motifs is 6. The number of hydrogen-bond acceptors (Lipinski definition) is 22. The Hall–Kier alpha value is -18.3. The molecule has 0 atom stereocenters. The van der Waals surface area contributed by atoms with E-state index in [1.54, 1.807) is 167 Å². The predicted octanol–water partition coefficient (Wildman–Crippen LogP) is 14.2. The van der Waals surface area contributed by atoms with Crippen LogP contribution in [-0.2, 0) is 50.1 Å². The molecule has 12 N–H and O–H groups in total. The van der Waals surface area contributed by atoms with E-state index in [0.29, 0.717) is 99.5 Å². The number of nitrogens with zero attached hydrogens (tertiary/aromatic N) is 8. The van der Waals surface area contributed by atoms with E-state index in [0.717, 1.165) is 55.8 Å². The van der Waals surface area contributed by atoms with Crippen LogP contribution in [0.3, 0.4) is 0 Å². The zero-order valence-electron chi connectivity index (χ0n) is 77.0. The minimum atomic E-state index is -4.53. The minimum absolute atomic E-state index is 0.0202. The molecule has 0 spiro atoms. The number of nitrogens with one attached hydrogen (secondary N) is 6. The van der Waals surface area contributed by atoms with Gasteiger partial charge < -0.3 is 27.7 Å².